The van der Waals surface area contributed by atoms with Crippen LogP contribution in [-0.2, 0) is 19.5 Å². The van der Waals surface area contributed by atoms with Gasteiger partial charge in [-0.05, 0) is 37.5 Å². The van der Waals surface area contributed by atoms with Crippen LogP contribution in [-0.4, -0.2) is 37.4 Å². The van der Waals surface area contributed by atoms with Gasteiger partial charge < -0.3 is 9.67 Å². The molecule has 2 aliphatic rings. The summed E-state index contributed by atoms with van der Waals surface area (Å²) in [6.07, 6.45) is 4.17. The molecule has 0 unspecified atom stereocenters. The number of hydrogen-bond acceptors (Lipinski definition) is 4. The van der Waals surface area contributed by atoms with Gasteiger partial charge in [0.1, 0.15) is 23.3 Å². The Morgan fingerprint density at radius 1 is 1.16 bits per heavy atom. The molecule has 0 radical (unpaired) electrons. The summed E-state index contributed by atoms with van der Waals surface area (Å²) < 4.78 is 30.0. The van der Waals surface area contributed by atoms with E-state index in [9.17, 15) is 13.9 Å². The number of nitrogens with zero attached hydrogens (tertiary/aromatic N) is 4. The molecule has 0 bridgehead atoms. The lowest BCUT2D eigenvalue weighted by Gasteiger charge is -2.24. The summed E-state index contributed by atoms with van der Waals surface area (Å²) in [5.74, 6) is 0.938. The first kappa shape index (κ1) is 16.6. The van der Waals surface area contributed by atoms with Crippen LogP contribution in [0.4, 0.5) is 8.78 Å². The van der Waals surface area contributed by atoms with Gasteiger partial charge in [0.15, 0.2) is 0 Å². The summed E-state index contributed by atoms with van der Waals surface area (Å²) in [7, 11) is 0. The normalized spacial score (nSPS) is 24.3. The maximum absolute atomic E-state index is 14.2. The minimum absolute atomic E-state index is 0.298. The Labute approximate surface area is 145 Å². The van der Waals surface area contributed by atoms with Crippen LogP contribution in [0.15, 0.2) is 18.2 Å². The quantitative estimate of drug-likeness (QED) is 0.926. The van der Waals surface area contributed by atoms with Gasteiger partial charge in [-0.3, -0.25) is 4.90 Å². The van der Waals surface area contributed by atoms with Gasteiger partial charge in [-0.15, -0.1) is 10.2 Å². The van der Waals surface area contributed by atoms with E-state index in [-0.39, 0.29) is 6.04 Å². The van der Waals surface area contributed by atoms with Crippen molar-refractivity contribution in [1.82, 2.24) is 19.7 Å². The Balaban J connectivity index is 1.61. The van der Waals surface area contributed by atoms with Crippen molar-refractivity contribution in [3.63, 3.8) is 0 Å². The Kier molecular flexibility index (Phi) is 4.52. The zero-order chi connectivity index (χ0) is 17.4. The second kappa shape index (κ2) is 6.80. The number of rotatable bonds is 3. The summed E-state index contributed by atoms with van der Waals surface area (Å²) >= 11 is 0. The molecule has 1 fully saturated rings. The average Bonchev–Trinajstić information content (AvgIpc) is 3.04. The zero-order valence-corrected chi connectivity index (χ0v) is 14.0. The minimum Gasteiger partial charge on any atom is -0.392 e. The van der Waals surface area contributed by atoms with Gasteiger partial charge in [-0.25, -0.2) is 8.78 Å². The second-order valence-electron chi connectivity index (χ2n) is 7.00. The maximum Gasteiger partial charge on any atom is 0.147 e. The fourth-order valence-electron chi connectivity index (χ4n) is 3.99. The molecule has 3 heterocycles. The van der Waals surface area contributed by atoms with E-state index in [1.54, 1.807) is 0 Å². The molecule has 0 amide bonds. The number of aromatic nitrogens is 3. The Morgan fingerprint density at radius 2 is 2.04 bits per heavy atom. The molecular weight excluding hydrogens is 326 g/mol. The number of aryl methyl sites for hydroxylation is 1. The topological polar surface area (TPSA) is 54.2 Å². The third-order valence-electron chi connectivity index (χ3n) is 5.23. The highest BCUT2D eigenvalue weighted by Gasteiger charge is 2.35. The van der Waals surface area contributed by atoms with Crippen LogP contribution >= 0.6 is 0 Å². The summed E-state index contributed by atoms with van der Waals surface area (Å²) in [6, 6.07) is 3.14. The molecule has 25 heavy (non-hydrogen) atoms. The number of likely N-dealkylation sites (tertiary alicyclic amines) is 1. The summed E-state index contributed by atoms with van der Waals surface area (Å²) in [4.78, 5) is 1.98. The second-order valence-corrected chi connectivity index (χ2v) is 7.00. The third-order valence-corrected chi connectivity index (χ3v) is 5.23. The van der Waals surface area contributed by atoms with Gasteiger partial charge in [0, 0.05) is 31.1 Å². The molecular formula is C18H22F2N4O. The number of β-amino-alcohol motifs (C(OH)–C–C–N with tert-alkyl or cyclic N) is 1. The largest absolute Gasteiger partial charge is 0.392 e. The van der Waals surface area contributed by atoms with Gasteiger partial charge in [0.25, 0.3) is 0 Å². The van der Waals surface area contributed by atoms with E-state index in [1.165, 1.54) is 12.5 Å². The number of hydrogen-bond donors (Lipinski definition) is 1. The fourth-order valence-corrected chi connectivity index (χ4v) is 3.99. The smallest absolute Gasteiger partial charge is 0.147 e. The summed E-state index contributed by atoms with van der Waals surface area (Å²) in [6.45, 7) is 1.79. The van der Waals surface area contributed by atoms with Crippen molar-refractivity contribution in [3.05, 3.63) is 47.0 Å². The molecule has 0 saturated carbocycles. The molecule has 2 aromatic rings. The van der Waals surface area contributed by atoms with Crippen LogP contribution in [0.5, 0.6) is 0 Å². The molecule has 0 spiro atoms. The number of aliphatic hydroxyl groups is 1. The number of benzene rings is 1. The summed E-state index contributed by atoms with van der Waals surface area (Å²) in [5.41, 5.74) is 0.298. The van der Waals surface area contributed by atoms with Crippen LogP contribution in [0.25, 0.3) is 0 Å². The van der Waals surface area contributed by atoms with Crippen molar-refractivity contribution in [3.8, 4) is 0 Å². The molecule has 134 valence electrons. The Morgan fingerprint density at radius 3 is 2.92 bits per heavy atom. The number of aliphatic hydroxyl groups excluding tert-OH is 1. The van der Waals surface area contributed by atoms with Gasteiger partial charge in [-0.2, -0.15) is 0 Å². The van der Waals surface area contributed by atoms with Crippen LogP contribution in [0.2, 0.25) is 0 Å². The monoisotopic (exact) mass is 348 g/mol. The van der Waals surface area contributed by atoms with Crippen LogP contribution in [0, 0.1) is 11.6 Å². The zero-order valence-electron chi connectivity index (χ0n) is 14.0. The molecule has 2 aliphatic heterocycles. The van der Waals surface area contributed by atoms with E-state index in [1.807, 2.05) is 4.90 Å². The molecule has 5 nitrogen and oxygen atoms in total. The molecule has 1 saturated heterocycles. The van der Waals surface area contributed by atoms with Gasteiger partial charge in [-0.1, -0.05) is 6.42 Å². The molecule has 4 rings (SSSR count). The Bertz CT molecular complexity index is 764. The molecule has 2 atom stereocenters. The van der Waals surface area contributed by atoms with Crippen LogP contribution < -0.4 is 0 Å². The maximum atomic E-state index is 14.2. The van der Waals surface area contributed by atoms with E-state index in [2.05, 4.69) is 14.8 Å². The standard InChI is InChI=1S/C18H22F2N4O/c19-12-5-6-15(20)14(8-12)16-9-13(25)10-23(16)11-18-22-21-17-4-2-1-3-7-24(17)18/h5-6,8,13,16,25H,1-4,7,9-11H2/t13-,16-/m0/s1. The van der Waals surface area contributed by atoms with Crippen molar-refractivity contribution < 1.29 is 13.9 Å². The van der Waals surface area contributed by atoms with Gasteiger partial charge in [0.2, 0.25) is 0 Å². The first-order valence-electron chi connectivity index (χ1n) is 8.90. The highest BCUT2D eigenvalue weighted by Crippen LogP contribution is 2.35. The average molecular weight is 348 g/mol. The molecule has 0 aliphatic carbocycles. The SMILES string of the molecule is O[C@H]1C[C@@H](c2cc(F)ccc2F)N(Cc2nnc3n2CCCCC3)C1. The lowest BCUT2D eigenvalue weighted by atomic mass is 10.0. The fraction of sp³-hybridized carbons (Fsp3) is 0.556. The highest BCUT2D eigenvalue weighted by atomic mass is 19.1. The predicted molar refractivity (Wildman–Crippen MR) is 87.7 cm³/mol. The van der Waals surface area contributed by atoms with E-state index >= 15 is 0 Å². The van der Waals surface area contributed by atoms with E-state index in [0.717, 1.165) is 49.6 Å². The van der Waals surface area contributed by atoms with E-state index in [4.69, 9.17) is 0 Å². The first-order chi connectivity index (χ1) is 12.1. The van der Waals surface area contributed by atoms with Crippen molar-refractivity contribution in [2.75, 3.05) is 6.54 Å². The molecule has 1 N–H and O–H groups in total. The lowest BCUT2D eigenvalue weighted by Crippen LogP contribution is -2.27. The van der Waals surface area contributed by atoms with Gasteiger partial charge in [0.05, 0.1) is 12.6 Å². The number of halogens is 2. The number of fused-ring (bicyclic) bond motifs is 1. The van der Waals surface area contributed by atoms with Crippen LogP contribution in [0.1, 0.15) is 48.9 Å². The van der Waals surface area contributed by atoms with Crippen molar-refractivity contribution >= 4 is 0 Å². The molecule has 7 heteroatoms. The molecule has 1 aromatic carbocycles. The van der Waals surface area contributed by atoms with E-state index < -0.39 is 17.7 Å². The van der Waals surface area contributed by atoms with Gasteiger partial charge >= 0.3 is 0 Å². The summed E-state index contributed by atoms with van der Waals surface area (Å²) in [5, 5.41) is 18.7. The first-order valence-corrected chi connectivity index (χ1v) is 8.90. The minimum atomic E-state index is -0.556. The lowest BCUT2D eigenvalue weighted by molar-refractivity contribution is 0.170. The Hall–Kier alpha value is -1.86. The predicted octanol–water partition coefficient (Wildman–Crippen LogP) is 2.59. The van der Waals surface area contributed by atoms with Crippen molar-refractivity contribution in [2.45, 2.75) is 57.3 Å². The van der Waals surface area contributed by atoms with Crippen LogP contribution in [0.3, 0.4) is 0 Å². The van der Waals surface area contributed by atoms with Crippen molar-refractivity contribution in [2.24, 2.45) is 0 Å². The highest BCUT2D eigenvalue weighted by molar-refractivity contribution is 5.24. The van der Waals surface area contributed by atoms with Crippen molar-refractivity contribution in [1.29, 1.82) is 0 Å². The van der Waals surface area contributed by atoms with E-state index in [0.29, 0.717) is 25.1 Å². The molecule has 1 aromatic heterocycles. The third kappa shape index (κ3) is 3.30.